The number of nitrogens with one attached hydrogen (secondary N) is 1. The van der Waals surface area contributed by atoms with Gasteiger partial charge in [-0.25, -0.2) is 4.98 Å². The van der Waals surface area contributed by atoms with Crippen LogP contribution in [0.15, 0.2) is 11.4 Å². The van der Waals surface area contributed by atoms with Gasteiger partial charge < -0.3 is 11.1 Å². The van der Waals surface area contributed by atoms with E-state index >= 15 is 0 Å². The highest BCUT2D eigenvalue weighted by Gasteiger charge is 2.11. The van der Waals surface area contributed by atoms with E-state index in [1.165, 1.54) is 0 Å². The van der Waals surface area contributed by atoms with Gasteiger partial charge in [-0.15, -0.1) is 11.3 Å². The Balaban J connectivity index is 2.10. The molecule has 0 fully saturated rings. The molecule has 6 heteroatoms. The number of anilines is 1. The third kappa shape index (κ3) is 3.52. The predicted molar refractivity (Wildman–Crippen MR) is 88.6 cm³/mol. The molecule has 0 saturated heterocycles. The second-order valence-corrected chi connectivity index (χ2v) is 6.08. The predicted octanol–water partition coefficient (Wildman–Crippen LogP) is 2.75. The molecule has 0 radical (unpaired) electrons. The molecule has 0 aromatic carbocycles. The van der Waals surface area contributed by atoms with Crippen molar-refractivity contribution in [1.82, 2.24) is 9.97 Å². The van der Waals surface area contributed by atoms with Crippen molar-refractivity contribution in [3.05, 3.63) is 39.1 Å². The lowest BCUT2D eigenvalue weighted by molar-refractivity contribution is 0.982. The van der Waals surface area contributed by atoms with Crippen LogP contribution in [0.1, 0.15) is 27.7 Å². The molecule has 0 atom stereocenters. The van der Waals surface area contributed by atoms with E-state index in [0.717, 1.165) is 46.3 Å². The van der Waals surface area contributed by atoms with Gasteiger partial charge in [0.1, 0.15) is 4.99 Å². The molecule has 0 aliphatic rings. The average Bonchev–Trinajstić information content (AvgIpc) is 2.73. The lowest BCUT2D eigenvalue weighted by Crippen LogP contribution is -2.17. The number of aromatic nitrogens is 2. The standard InChI is InChI=1S/C14H18N4S2/c1-8-6-11(13(14(15)19)10(3)17-8)16-5-4-12-18-9(2)7-20-12/h6-7H,4-5H2,1-3H3,(H2,15,19)(H,16,17). The normalized spacial score (nSPS) is 10.6. The van der Waals surface area contributed by atoms with Crippen molar-refractivity contribution in [2.24, 2.45) is 5.73 Å². The first-order valence-corrected chi connectivity index (χ1v) is 7.69. The van der Waals surface area contributed by atoms with E-state index in [-0.39, 0.29) is 0 Å². The SMILES string of the molecule is Cc1csc(CCNc2cc(C)nc(C)c2C(N)=S)n1. The van der Waals surface area contributed by atoms with Gasteiger partial charge in [-0.1, -0.05) is 12.2 Å². The Bertz CT molecular complexity index is 634. The lowest BCUT2D eigenvalue weighted by Gasteiger charge is -2.13. The van der Waals surface area contributed by atoms with E-state index in [4.69, 9.17) is 18.0 Å². The molecule has 0 aliphatic carbocycles. The Kier molecular flexibility index (Phi) is 4.67. The second kappa shape index (κ2) is 6.28. The van der Waals surface area contributed by atoms with Crippen LogP contribution in [0.4, 0.5) is 5.69 Å². The number of nitrogens with two attached hydrogens (primary N) is 1. The van der Waals surface area contributed by atoms with Crippen LogP contribution in [-0.4, -0.2) is 21.5 Å². The minimum absolute atomic E-state index is 0.377. The number of hydrogen-bond acceptors (Lipinski definition) is 5. The highest BCUT2D eigenvalue weighted by molar-refractivity contribution is 7.80. The first-order valence-electron chi connectivity index (χ1n) is 6.40. The Hall–Kier alpha value is -1.53. The smallest absolute Gasteiger partial charge is 0.107 e. The van der Waals surface area contributed by atoms with Crippen molar-refractivity contribution in [3.8, 4) is 0 Å². The van der Waals surface area contributed by atoms with Crippen molar-refractivity contribution in [3.63, 3.8) is 0 Å². The van der Waals surface area contributed by atoms with Crippen LogP contribution in [0.3, 0.4) is 0 Å². The molecule has 0 amide bonds. The molecular weight excluding hydrogens is 288 g/mol. The summed E-state index contributed by atoms with van der Waals surface area (Å²) in [4.78, 5) is 9.23. The summed E-state index contributed by atoms with van der Waals surface area (Å²) < 4.78 is 0. The molecule has 2 aromatic heterocycles. The van der Waals surface area contributed by atoms with E-state index in [2.05, 4.69) is 20.7 Å². The van der Waals surface area contributed by atoms with Gasteiger partial charge >= 0.3 is 0 Å². The monoisotopic (exact) mass is 306 g/mol. The fourth-order valence-electron chi connectivity index (χ4n) is 2.10. The molecule has 4 nitrogen and oxygen atoms in total. The summed E-state index contributed by atoms with van der Waals surface area (Å²) in [5.41, 5.74) is 10.5. The fourth-order valence-corrected chi connectivity index (χ4v) is 3.13. The second-order valence-electron chi connectivity index (χ2n) is 4.70. The molecule has 2 aromatic rings. The first-order chi connectivity index (χ1) is 9.47. The first kappa shape index (κ1) is 14.9. The van der Waals surface area contributed by atoms with E-state index < -0.39 is 0 Å². The van der Waals surface area contributed by atoms with E-state index in [1.807, 2.05) is 26.8 Å². The van der Waals surface area contributed by atoms with Gasteiger partial charge in [-0.2, -0.15) is 0 Å². The summed E-state index contributed by atoms with van der Waals surface area (Å²) >= 11 is 6.80. The summed E-state index contributed by atoms with van der Waals surface area (Å²) in [6.07, 6.45) is 0.885. The van der Waals surface area contributed by atoms with Gasteiger partial charge in [-0.3, -0.25) is 4.98 Å². The Morgan fingerprint density at radius 1 is 1.30 bits per heavy atom. The summed E-state index contributed by atoms with van der Waals surface area (Å²) in [6, 6.07) is 1.98. The summed E-state index contributed by atoms with van der Waals surface area (Å²) in [5.74, 6) is 0. The molecule has 3 N–H and O–H groups in total. The molecule has 2 rings (SSSR count). The van der Waals surface area contributed by atoms with Gasteiger partial charge in [0.2, 0.25) is 0 Å². The van der Waals surface area contributed by atoms with Crippen LogP contribution >= 0.6 is 23.6 Å². The molecule has 0 aliphatic heterocycles. The van der Waals surface area contributed by atoms with E-state index in [0.29, 0.717) is 4.99 Å². The van der Waals surface area contributed by atoms with Crippen molar-refractivity contribution < 1.29 is 0 Å². The quantitative estimate of drug-likeness (QED) is 0.832. The fraction of sp³-hybridized carbons (Fsp3) is 0.357. The maximum Gasteiger partial charge on any atom is 0.107 e. The summed E-state index contributed by atoms with van der Waals surface area (Å²) in [5, 5.41) is 6.59. The molecule has 106 valence electrons. The molecular formula is C14H18N4S2. The van der Waals surface area contributed by atoms with Crippen LogP contribution in [-0.2, 0) is 6.42 Å². The third-order valence-corrected chi connectivity index (χ3v) is 4.13. The number of thiocarbonyl (C=S) groups is 1. The van der Waals surface area contributed by atoms with Gasteiger partial charge in [0.15, 0.2) is 0 Å². The van der Waals surface area contributed by atoms with E-state index in [9.17, 15) is 0 Å². The van der Waals surface area contributed by atoms with Crippen LogP contribution in [0.5, 0.6) is 0 Å². The number of aryl methyl sites for hydroxylation is 3. The molecule has 0 unspecified atom stereocenters. The Morgan fingerprint density at radius 2 is 2.05 bits per heavy atom. The molecule has 20 heavy (non-hydrogen) atoms. The minimum atomic E-state index is 0.377. The molecule has 0 bridgehead atoms. The zero-order valence-corrected chi connectivity index (χ0v) is 13.5. The molecule has 2 heterocycles. The maximum absolute atomic E-state index is 5.79. The topological polar surface area (TPSA) is 63.8 Å². The zero-order chi connectivity index (χ0) is 14.7. The van der Waals surface area contributed by atoms with Crippen molar-refractivity contribution >= 4 is 34.2 Å². The van der Waals surface area contributed by atoms with Crippen molar-refractivity contribution in [1.29, 1.82) is 0 Å². The number of thiazole rings is 1. The Labute approximate surface area is 128 Å². The van der Waals surface area contributed by atoms with Crippen LogP contribution in [0.2, 0.25) is 0 Å². The average molecular weight is 306 g/mol. The Morgan fingerprint density at radius 3 is 2.65 bits per heavy atom. The third-order valence-electron chi connectivity index (χ3n) is 2.90. The number of nitrogens with zero attached hydrogens (tertiary/aromatic N) is 2. The highest BCUT2D eigenvalue weighted by Crippen LogP contribution is 2.20. The summed E-state index contributed by atoms with van der Waals surface area (Å²) in [7, 11) is 0. The van der Waals surface area contributed by atoms with Gasteiger partial charge in [0, 0.05) is 41.1 Å². The molecule has 0 saturated carbocycles. The largest absolute Gasteiger partial charge is 0.389 e. The van der Waals surface area contributed by atoms with Crippen molar-refractivity contribution in [2.75, 3.05) is 11.9 Å². The number of hydrogen-bond donors (Lipinski definition) is 2. The highest BCUT2D eigenvalue weighted by atomic mass is 32.1. The van der Waals surface area contributed by atoms with E-state index in [1.54, 1.807) is 11.3 Å². The minimum Gasteiger partial charge on any atom is -0.389 e. The van der Waals surface area contributed by atoms with Gasteiger partial charge in [-0.05, 0) is 26.8 Å². The zero-order valence-electron chi connectivity index (χ0n) is 11.9. The number of rotatable bonds is 5. The van der Waals surface area contributed by atoms with Gasteiger partial charge in [0.25, 0.3) is 0 Å². The van der Waals surface area contributed by atoms with Crippen molar-refractivity contribution in [2.45, 2.75) is 27.2 Å². The number of pyridine rings is 1. The van der Waals surface area contributed by atoms with Crippen LogP contribution < -0.4 is 11.1 Å². The van der Waals surface area contributed by atoms with Crippen LogP contribution in [0, 0.1) is 20.8 Å². The molecule has 0 spiro atoms. The van der Waals surface area contributed by atoms with Gasteiger partial charge in [0.05, 0.1) is 10.6 Å². The lowest BCUT2D eigenvalue weighted by atomic mass is 10.1. The maximum atomic E-state index is 5.79. The van der Waals surface area contributed by atoms with Crippen LogP contribution in [0.25, 0.3) is 0 Å². The summed E-state index contributed by atoms with van der Waals surface area (Å²) in [6.45, 7) is 6.70.